The molecule has 0 aromatic carbocycles. The fourth-order valence-corrected chi connectivity index (χ4v) is 8.67. The van der Waals surface area contributed by atoms with E-state index < -0.39 is 0 Å². The van der Waals surface area contributed by atoms with Crippen LogP contribution in [0.15, 0.2) is 0 Å². The highest BCUT2D eigenvalue weighted by Gasteiger charge is 2.61. The Morgan fingerprint density at radius 2 is 1.85 bits per heavy atom. The van der Waals surface area contributed by atoms with Gasteiger partial charge < -0.3 is 9.84 Å². The molecule has 4 saturated carbocycles. The lowest BCUT2D eigenvalue weighted by Gasteiger charge is -2.62. The Bertz CT molecular complexity index is 498. The Morgan fingerprint density at radius 3 is 2.58 bits per heavy atom. The van der Waals surface area contributed by atoms with E-state index in [4.69, 9.17) is 4.74 Å². The van der Waals surface area contributed by atoms with Crippen molar-refractivity contribution in [3.05, 3.63) is 0 Å². The van der Waals surface area contributed by atoms with Gasteiger partial charge in [-0.25, -0.2) is 0 Å². The van der Waals surface area contributed by atoms with E-state index >= 15 is 0 Å². The zero-order valence-electron chi connectivity index (χ0n) is 17.7. The van der Waals surface area contributed by atoms with Crippen molar-refractivity contribution in [3.8, 4) is 0 Å². The third-order valence-corrected chi connectivity index (χ3v) is 9.86. The maximum atomic E-state index is 10.4. The molecule has 2 heteroatoms. The molecule has 150 valence electrons. The summed E-state index contributed by atoms with van der Waals surface area (Å²) in [6.45, 7) is 11.1. The summed E-state index contributed by atoms with van der Waals surface area (Å²) < 4.78 is 6.17. The van der Waals surface area contributed by atoms with Crippen LogP contribution in [0.5, 0.6) is 0 Å². The molecule has 0 aromatic rings. The van der Waals surface area contributed by atoms with Crippen LogP contribution in [-0.4, -0.2) is 24.4 Å². The third kappa shape index (κ3) is 2.81. The zero-order chi connectivity index (χ0) is 18.5. The van der Waals surface area contributed by atoms with Gasteiger partial charge in [-0.3, -0.25) is 0 Å². The molecule has 4 fully saturated rings. The molecule has 0 saturated heterocycles. The zero-order valence-corrected chi connectivity index (χ0v) is 17.7. The minimum Gasteiger partial charge on any atom is -0.393 e. The van der Waals surface area contributed by atoms with E-state index in [2.05, 4.69) is 20.8 Å². The van der Waals surface area contributed by atoms with Crippen molar-refractivity contribution in [2.24, 2.45) is 46.3 Å². The second-order valence-corrected chi connectivity index (χ2v) is 10.9. The fraction of sp³-hybridized carbons (Fsp3) is 1.00. The molecule has 2 unspecified atom stereocenters. The average molecular weight is 363 g/mol. The smallest absolute Gasteiger partial charge is 0.0545 e. The van der Waals surface area contributed by atoms with Crippen molar-refractivity contribution in [2.45, 2.75) is 91.6 Å². The number of fused-ring (bicyclic) bond motifs is 5. The first-order valence-corrected chi connectivity index (χ1v) is 11.7. The lowest BCUT2D eigenvalue weighted by Crippen LogP contribution is -2.56. The first-order valence-electron chi connectivity index (χ1n) is 11.7. The predicted molar refractivity (Wildman–Crippen MR) is 107 cm³/mol. The minimum atomic E-state index is -0.134. The first-order chi connectivity index (χ1) is 12.4. The molecule has 0 aliphatic heterocycles. The van der Waals surface area contributed by atoms with Gasteiger partial charge in [0.1, 0.15) is 0 Å². The summed E-state index contributed by atoms with van der Waals surface area (Å²) >= 11 is 0. The molecule has 4 aliphatic carbocycles. The molecule has 4 rings (SSSR count). The van der Waals surface area contributed by atoms with Crippen LogP contribution in [0, 0.1) is 46.3 Å². The lowest BCUT2D eigenvalue weighted by atomic mass is 9.44. The van der Waals surface area contributed by atoms with Gasteiger partial charge >= 0.3 is 0 Å². The number of rotatable bonds is 4. The number of aliphatic hydroxyl groups excluding tert-OH is 1. The number of hydrogen-bond donors (Lipinski definition) is 1. The van der Waals surface area contributed by atoms with E-state index in [0.717, 1.165) is 42.8 Å². The first kappa shape index (κ1) is 19.2. The largest absolute Gasteiger partial charge is 0.393 e. The van der Waals surface area contributed by atoms with Gasteiger partial charge in [0.05, 0.1) is 12.7 Å². The van der Waals surface area contributed by atoms with E-state index in [1.165, 1.54) is 57.8 Å². The fourth-order valence-electron chi connectivity index (χ4n) is 8.67. The molecule has 9 atom stereocenters. The predicted octanol–water partition coefficient (Wildman–Crippen LogP) is 5.68. The van der Waals surface area contributed by atoms with Crippen LogP contribution < -0.4 is 0 Å². The normalized spacial score (nSPS) is 52.0. The van der Waals surface area contributed by atoms with Crippen LogP contribution in [-0.2, 0) is 4.74 Å². The molecule has 4 aliphatic rings. The summed E-state index contributed by atoms with van der Waals surface area (Å²) in [6.07, 6.45) is 12.3. The molecule has 1 N–H and O–H groups in total. The van der Waals surface area contributed by atoms with Gasteiger partial charge in [-0.05, 0) is 112 Å². The van der Waals surface area contributed by atoms with E-state index in [1.807, 2.05) is 6.92 Å². The molecule has 0 bridgehead atoms. The summed E-state index contributed by atoms with van der Waals surface area (Å²) in [5.41, 5.74) is 0.854. The molecule has 0 radical (unpaired) electrons. The van der Waals surface area contributed by atoms with Crippen LogP contribution in [0.3, 0.4) is 0 Å². The van der Waals surface area contributed by atoms with E-state index in [1.54, 1.807) is 0 Å². The van der Waals surface area contributed by atoms with Crippen LogP contribution in [0.1, 0.15) is 85.5 Å². The second-order valence-electron chi connectivity index (χ2n) is 10.9. The maximum absolute atomic E-state index is 10.4. The van der Waals surface area contributed by atoms with Crippen LogP contribution in [0.2, 0.25) is 0 Å². The highest BCUT2D eigenvalue weighted by molar-refractivity contribution is 5.10. The molecule has 2 nitrogen and oxygen atoms in total. The Hall–Kier alpha value is -0.0800. The Labute approximate surface area is 161 Å². The molecular weight excluding hydrogens is 320 g/mol. The highest BCUT2D eigenvalue weighted by atomic mass is 16.5. The van der Waals surface area contributed by atoms with Crippen molar-refractivity contribution in [1.82, 2.24) is 0 Å². The van der Waals surface area contributed by atoms with Crippen LogP contribution in [0.25, 0.3) is 0 Å². The SMILES string of the molecule is CCOC[C@]12CCC(C)C[C@H]1CC[C@H]1[C@@H]3CC[C@H](C(C)O)[C@@]3(C)CC[C@@H]12. The monoisotopic (exact) mass is 362 g/mol. The average Bonchev–Trinajstić information content (AvgIpc) is 2.97. The third-order valence-electron chi connectivity index (χ3n) is 9.86. The minimum absolute atomic E-state index is 0.134. The van der Waals surface area contributed by atoms with Gasteiger partial charge in [0, 0.05) is 6.61 Å². The Kier molecular flexibility index (Phi) is 5.23. The quantitative estimate of drug-likeness (QED) is 0.697. The summed E-state index contributed by atoms with van der Waals surface area (Å²) in [4.78, 5) is 0. The van der Waals surface area contributed by atoms with E-state index in [9.17, 15) is 5.11 Å². The second kappa shape index (κ2) is 7.07. The van der Waals surface area contributed by atoms with Crippen molar-refractivity contribution in [1.29, 1.82) is 0 Å². The standard InChI is InChI=1S/C24H42O2/c1-5-26-15-24-13-10-16(2)14-18(24)6-7-19-21-9-8-20(17(3)25)23(21,4)12-11-22(19)24/h16-22,25H,5-15H2,1-4H3/t16?,17?,18-,19+,20-,21+,22+,23-,24-/m1/s1. The Balaban J connectivity index is 1.62. The lowest BCUT2D eigenvalue weighted by molar-refractivity contribution is -0.158. The number of ether oxygens (including phenoxy) is 1. The maximum Gasteiger partial charge on any atom is 0.0545 e. The molecule has 0 spiro atoms. The molecular formula is C24H42O2. The Morgan fingerprint density at radius 1 is 1.04 bits per heavy atom. The van der Waals surface area contributed by atoms with Crippen LogP contribution >= 0.6 is 0 Å². The summed E-state index contributed by atoms with van der Waals surface area (Å²) in [5, 5.41) is 10.4. The highest BCUT2D eigenvalue weighted by Crippen LogP contribution is 2.68. The molecule has 0 aromatic heterocycles. The van der Waals surface area contributed by atoms with Crippen molar-refractivity contribution >= 4 is 0 Å². The molecule has 0 heterocycles. The van der Waals surface area contributed by atoms with E-state index in [0.29, 0.717) is 16.7 Å². The number of hydrogen-bond acceptors (Lipinski definition) is 2. The summed E-state index contributed by atoms with van der Waals surface area (Å²) in [7, 11) is 0. The van der Waals surface area contributed by atoms with Crippen molar-refractivity contribution in [2.75, 3.05) is 13.2 Å². The molecule has 0 amide bonds. The molecule has 26 heavy (non-hydrogen) atoms. The number of aliphatic hydroxyl groups is 1. The van der Waals surface area contributed by atoms with Gasteiger partial charge in [0.15, 0.2) is 0 Å². The topological polar surface area (TPSA) is 29.5 Å². The van der Waals surface area contributed by atoms with Crippen LogP contribution in [0.4, 0.5) is 0 Å². The summed E-state index contributed by atoms with van der Waals surface area (Å²) in [6, 6.07) is 0. The van der Waals surface area contributed by atoms with Gasteiger partial charge in [-0.2, -0.15) is 0 Å². The van der Waals surface area contributed by atoms with Gasteiger partial charge in [-0.15, -0.1) is 0 Å². The summed E-state index contributed by atoms with van der Waals surface area (Å²) in [5.74, 6) is 4.96. The van der Waals surface area contributed by atoms with E-state index in [-0.39, 0.29) is 6.10 Å². The van der Waals surface area contributed by atoms with Crippen molar-refractivity contribution in [3.63, 3.8) is 0 Å². The van der Waals surface area contributed by atoms with Gasteiger partial charge in [0.25, 0.3) is 0 Å². The van der Waals surface area contributed by atoms with Gasteiger partial charge in [-0.1, -0.05) is 20.3 Å². The van der Waals surface area contributed by atoms with Gasteiger partial charge in [0.2, 0.25) is 0 Å². The van der Waals surface area contributed by atoms with Crippen molar-refractivity contribution < 1.29 is 9.84 Å².